The van der Waals surface area contributed by atoms with Gasteiger partial charge in [0.2, 0.25) is 5.91 Å². The van der Waals surface area contributed by atoms with Crippen molar-refractivity contribution in [1.29, 1.82) is 0 Å². The Morgan fingerprint density at radius 3 is 2.09 bits per heavy atom. The fraction of sp³-hybridized carbons (Fsp3) is 0.611. The van der Waals surface area contributed by atoms with Gasteiger partial charge < -0.3 is 10.2 Å². The first-order chi connectivity index (χ1) is 10.8. The van der Waals surface area contributed by atoms with E-state index in [2.05, 4.69) is 27.2 Å². The Labute approximate surface area is 133 Å². The lowest BCUT2D eigenvalue weighted by Gasteiger charge is -2.20. The Morgan fingerprint density at radius 1 is 0.864 bits per heavy atom. The molecule has 4 heteroatoms. The number of benzene rings is 1. The van der Waals surface area contributed by atoms with Crippen molar-refractivity contribution in [2.24, 2.45) is 0 Å². The van der Waals surface area contributed by atoms with Crippen LogP contribution in [0.5, 0.6) is 0 Å². The SMILES string of the molecule is O=C(CN1CCCCCC1)Nc1ccc(N2CCCC2)cc1. The summed E-state index contributed by atoms with van der Waals surface area (Å²) in [4.78, 5) is 16.9. The molecule has 2 aliphatic rings. The van der Waals surface area contributed by atoms with E-state index in [1.54, 1.807) is 0 Å². The molecule has 0 atom stereocenters. The van der Waals surface area contributed by atoms with E-state index in [-0.39, 0.29) is 5.91 Å². The van der Waals surface area contributed by atoms with Gasteiger partial charge in [0.05, 0.1) is 6.54 Å². The lowest BCUT2D eigenvalue weighted by atomic mass is 10.2. The number of nitrogens with one attached hydrogen (secondary N) is 1. The molecule has 0 saturated carbocycles. The molecule has 1 amide bonds. The molecule has 0 aromatic heterocycles. The van der Waals surface area contributed by atoms with Gasteiger partial charge >= 0.3 is 0 Å². The van der Waals surface area contributed by atoms with Crippen LogP contribution in [0.15, 0.2) is 24.3 Å². The summed E-state index contributed by atoms with van der Waals surface area (Å²) in [6.45, 7) is 4.94. The zero-order valence-electron chi connectivity index (χ0n) is 13.4. The summed E-state index contributed by atoms with van der Waals surface area (Å²) in [6.07, 6.45) is 7.62. The van der Waals surface area contributed by atoms with Gasteiger partial charge in [-0.05, 0) is 63.0 Å². The average molecular weight is 301 g/mol. The fourth-order valence-corrected chi connectivity index (χ4v) is 3.43. The minimum absolute atomic E-state index is 0.107. The van der Waals surface area contributed by atoms with Crippen molar-refractivity contribution in [3.63, 3.8) is 0 Å². The molecule has 0 spiro atoms. The fourth-order valence-electron chi connectivity index (χ4n) is 3.43. The third-order valence-electron chi connectivity index (χ3n) is 4.69. The van der Waals surface area contributed by atoms with E-state index in [0.29, 0.717) is 6.54 Å². The van der Waals surface area contributed by atoms with Crippen molar-refractivity contribution in [3.8, 4) is 0 Å². The number of hydrogen-bond donors (Lipinski definition) is 1. The van der Waals surface area contributed by atoms with Crippen LogP contribution >= 0.6 is 0 Å². The van der Waals surface area contributed by atoms with Gasteiger partial charge in [0.1, 0.15) is 0 Å². The topological polar surface area (TPSA) is 35.6 Å². The standard InChI is InChI=1S/C18H27N3O/c22-18(15-20-11-3-1-2-4-12-20)19-16-7-9-17(10-8-16)21-13-5-6-14-21/h7-10H,1-6,11-15H2,(H,19,22). The maximum atomic E-state index is 12.2. The van der Waals surface area contributed by atoms with Crippen molar-refractivity contribution < 1.29 is 4.79 Å². The summed E-state index contributed by atoms with van der Waals surface area (Å²) in [6, 6.07) is 8.28. The Hall–Kier alpha value is -1.55. The summed E-state index contributed by atoms with van der Waals surface area (Å²) < 4.78 is 0. The largest absolute Gasteiger partial charge is 0.372 e. The number of carbonyl (C=O) groups is 1. The smallest absolute Gasteiger partial charge is 0.238 e. The average Bonchev–Trinajstić information content (AvgIpc) is 2.94. The van der Waals surface area contributed by atoms with E-state index in [1.807, 2.05) is 12.1 Å². The van der Waals surface area contributed by atoms with Crippen LogP contribution in [0.25, 0.3) is 0 Å². The number of amides is 1. The number of likely N-dealkylation sites (tertiary alicyclic amines) is 1. The maximum Gasteiger partial charge on any atom is 0.238 e. The van der Waals surface area contributed by atoms with Crippen molar-refractivity contribution in [2.75, 3.05) is 42.9 Å². The second kappa shape index (κ2) is 7.63. The molecule has 0 bridgehead atoms. The molecule has 2 heterocycles. The number of rotatable bonds is 4. The highest BCUT2D eigenvalue weighted by atomic mass is 16.2. The first kappa shape index (κ1) is 15.3. The number of nitrogens with zero attached hydrogens (tertiary/aromatic N) is 2. The maximum absolute atomic E-state index is 12.2. The lowest BCUT2D eigenvalue weighted by molar-refractivity contribution is -0.117. The molecule has 3 rings (SSSR count). The Morgan fingerprint density at radius 2 is 1.45 bits per heavy atom. The van der Waals surface area contributed by atoms with E-state index < -0.39 is 0 Å². The van der Waals surface area contributed by atoms with Gasteiger partial charge in [0.25, 0.3) is 0 Å². The molecule has 1 aromatic rings. The van der Waals surface area contributed by atoms with Crippen molar-refractivity contribution in [1.82, 2.24) is 4.90 Å². The quantitative estimate of drug-likeness (QED) is 0.928. The van der Waals surface area contributed by atoms with Crippen molar-refractivity contribution in [2.45, 2.75) is 38.5 Å². The highest BCUT2D eigenvalue weighted by molar-refractivity contribution is 5.92. The summed E-state index contributed by atoms with van der Waals surface area (Å²) in [7, 11) is 0. The molecule has 0 radical (unpaired) electrons. The van der Waals surface area contributed by atoms with E-state index in [4.69, 9.17) is 0 Å². The van der Waals surface area contributed by atoms with E-state index in [1.165, 1.54) is 44.2 Å². The molecule has 2 fully saturated rings. The normalized spacial score (nSPS) is 19.9. The molecule has 1 aromatic carbocycles. The molecule has 22 heavy (non-hydrogen) atoms. The second-order valence-corrected chi connectivity index (χ2v) is 6.48. The van der Waals surface area contributed by atoms with Crippen molar-refractivity contribution in [3.05, 3.63) is 24.3 Å². The van der Waals surface area contributed by atoms with Crippen molar-refractivity contribution >= 4 is 17.3 Å². The third-order valence-corrected chi connectivity index (χ3v) is 4.69. The van der Waals surface area contributed by atoms with Crippen LogP contribution in [0.4, 0.5) is 11.4 Å². The number of carbonyl (C=O) groups excluding carboxylic acids is 1. The van der Waals surface area contributed by atoms with Crippen LogP contribution in [0.2, 0.25) is 0 Å². The predicted octanol–water partition coefficient (Wildman–Crippen LogP) is 3.10. The Bertz CT molecular complexity index is 472. The number of hydrogen-bond acceptors (Lipinski definition) is 3. The zero-order valence-corrected chi connectivity index (χ0v) is 13.4. The minimum atomic E-state index is 0.107. The summed E-state index contributed by atoms with van der Waals surface area (Å²) in [5, 5.41) is 3.03. The molecule has 1 N–H and O–H groups in total. The molecule has 4 nitrogen and oxygen atoms in total. The van der Waals surface area contributed by atoms with Gasteiger partial charge in [-0.1, -0.05) is 12.8 Å². The molecule has 2 saturated heterocycles. The van der Waals surface area contributed by atoms with Gasteiger partial charge in [-0.2, -0.15) is 0 Å². The van der Waals surface area contributed by atoms with Crippen LogP contribution in [-0.4, -0.2) is 43.5 Å². The minimum Gasteiger partial charge on any atom is -0.372 e. The van der Waals surface area contributed by atoms with Gasteiger partial charge in [0, 0.05) is 24.5 Å². The van der Waals surface area contributed by atoms with E-state index >= 15 is 0 Å². The summed E-state index contributed by atoms with van der Waals surface area (Å²) >= 11 is 0. The first-order valence-corrected chi connectivity index (χ1v) is 8.68. The molecular formula is C18H27N3O. The zero-order chi connectivity index (χ0) is 15.2. The highest BCUT2D eigenvalue weighted by Crippen LogP contribution is 2.22. The third kappa shape index (κ3) is 4.23. The first-order valence-electron chi connectivity index (χ1n) is 8.68. The summed E-state index contributed by atoms with van der Waals surface area (Å²) in [5.41, 5.74) is 2.17. The second-order valence-electron chi connectivity index (χ2n) is 6.48. The highest BCUT2D eigenvalue weighted by Gasteiger charge is 2.14. The Balaban J connectivity index is 1.50. The van der Waals surface area contributed by atoms with Crippen LogP contribution < -0.4 is 10.2 Å². The van der Waals surface area contributed by atoms with Gasteiger partial charge in [-0.25, -0.2) is 0 Å². The van der Waals surface area contributed by atoms with Gasteiger partial charge in [-0.15, -0.1) is 0 Å². The lowest BCUT2D eigenvalue weighted by Crippen LogP contribution is -2.33. The molecule has 0 aliphatic carbocycles. The van der Waals surface area contributed by atoms with Gasteiger partial charge in [0.15, 0.2) is 0 Å². The van der Waals surface area contributed by atoms with Crippen LogP contribution in [0, 0.1) is 0 Å². The van der Waals surface area contributed by atoms with Crippen LogP contribution in [-0.2, 0) is 4.79 Å². The molecule has 0 unspecified atom stereocenters. The predicted molar refractivity (Wildman–Crippen MR) is 91.4 cm³/mol. The van der Waals surface area contributed by atoms with Crippen LogP contribution in [0.1, 0.15) is 38.5 Å². The van der Waals surface area contributed by atoms with E-state index in [0.717, 1.165) is 31.9 Å². The van der Waals surface area contributed by atoms with E-state index in [9.17, 15) is 4.79 Å². The Kier molecular flexibility index (Phi) is 5.33. The molecule has 2 aliphatic heterocycles. The van der Waals surface area contributed by atoms with Gasteiger partial charge in [-0.3, -0.25) is 9.69 Å². The molecule has 120 valence electrons. The monoisotopic (exact) mass is 301 g/mol. The molecular weight excluding hydrogens is 274 g/mol. The summed E-state index contributed by atoms with van der Waals surface area (Å²) in [5.74, 6) is 0.107. The van der Waals surface area contributed by atoms with Crippen LogP contribution in [0.3, 0.4) is 0 Å². The number of anilines is 2.